The Labute approximate surface area is 133 Å². The molecule has 21 heavy (non-hydrogen) atoms. The molecule has 116 valence electrons. The molecule has 2 heterocycles. The van der Waals surface area contributed by atoms with Gasteiger partial charge in [0.2, 0.25) is 0 Å². The van der Waals surface area contributed by atoms with E-state index < -0.39 is 0 Å². The molecule has 0 aliphatic heterocycles. The largest absolute Gasteiger partial charge is 0.354 e. The number of hydrogen-bond donors (Lipinski definition) is 2. The summed E-state index contributed by atoms with van der Waals surface area (Å²) in [5, 5.41) is 4.06. The Morgan fingerprint density at radius 2 is 2.05 bits per heavy atom. The van der Waals surface area contributed by atoms with Crippen molar-refractivity contribution in [3.63, 3.8) is 0 Å². The summed E-state index contributed by atoms with van der Waals surface area (Å²) in [6.07, 6.45) is 1.66. The molecule has 0 aliphatic rings. The minimum Gasteiger partial charge on any atom is -0.354 e. The van der Waals surface area contributed by atoms with E-state index in [0.717, 1.165) is 27.5 Å². The number of thiophene rings is 1. The minimum absolute atomic E-state index is 0.0502. The van der Waals surface area contributed by atoms with E-state index in [1.54, 1.807) is 11.3 Å². The molecule has 2 aromatic heterocycles. The van der Waals surface area contributed by atoms with Gasteiger partial charge in [0, 0.05) is 20.6 Å². The Balaban J connectivity index is 2.21. The third-order valence-electron chi connectivity index (χ3n) is 3.81. The molecule has 0 atom stereocenters. The predicted molar refractivity (Wildman–Crippen MR) is 91.7 cm³/mol. The molecular formula is C14H22N4OS2. The Bertz CT molecular complexity index is 588. The Hall–Kier alpha value is -1.18. The van der Waals surface area contributed by atoms with Crippen LogP contribution < -0.4 is 16.0 Å². The van der Waals surface area contributed by atoms with E-state index in [2.05, 4.69) is 24.1 Å². The van der Waals surface area contributed by atoms with Crippen molar-refractivity contribution in [3.05, 3.63) is 10.9 Å². The fourth-order valence-electron chi connectivity index (χ4n) is 2.10. The van der Waals surface area contributed by atoms with Gasteiger partial charge in [-0.15, -0.1) is 11.3 Å². The van der Waals surface area contributed by atoms with E-state index in [-0.39, 0.29) is 11.4 Å². The molecule has 0 fully saturated rings. The van der Waals surface area contributed by atoms with Crippen LogP contribution in [0.5, 0.6) is 0 Å². The van der Waals surface area contributed by atoms with Crippen molar-refractivity contribution in [2.75, 3.05) is 25.5 Å². The van der Waals surface area contributed by atoms with Crippen LogP contribution in [-0.4, -0.2) is 37.1 Å². The van der Waals surface area contributed by atoms with Gasteiger partial charge in [0.15, 0.2) is 5.13 Å². The van der Waals surface area contributed by atoms with Crippen LogP contribution in [0.3, 0.4) is 0 Å². The van der Waals surface area contributed by atoms with Gasteiger partial charge in [-0.1, -0.05) is 25.2 Å². The number of aromatic nitrogens is 1. The molecule has 3 N–H and O–H groups in total. The first-order chi connectivity index (χ1) is 9.94. The molecule has 7 heteroatoms. The molecular weight excluding hydrogens is 304 g/mol. The quantitative estimate of drug-likeness (QED) is 0.856. The third kappa shape index (κ3) is 3.20. The summed E-state index contributed by atoms with van der Waals surface area (Å²) in [4.78, 5) is 20.6. The van der Waals surface area contributed by atoms with Crippen molar-refractivity contribution >= 4 is 43.2 Å². The average Bonchev–Trinajstić information content (AvgIpc) is 3.03. The molecule has 0 bridgehead atoms. The molecule has 1 amide bonds. The first-order valence-electron chi connectivity index (χ1n) is 7.05. The normalized spacial score (nSPS) is 11.9. The van der Waals surface area contributed by atoms with Crippen molar-refractivity contribution in [2.45, 2.75) is 32.2 Å². The molecule has 0 saturated heterocycles. The number of fused-ring (bicyclic) bond motifs is 1. The topological polar surface area (TPSA) is 71.2 Å². The lowest BCUT2D eigenvalue weighted by molar-refractivity contribution is 0.0899. The summed E-state index contributed by atoms with van der Waals surface area (Å²) < 4.78 is 1.06. The van der Waals surface area contributed by atoms with Gasteiger partial charge in [0.05, 0.1) is 15.1 Å². The molecule has 0 aromatic carbocycles. The van der Waals surface area contributed by atoms with Crippen molar-refractivity contribution < 1.29 is 4.79 Å². The number of anilines is 1. The molecule has 5 nitrogen and oxygen atoms in total. The average molecular weight is 326 g/mol. The summed E-state index contributed by atoms with van der Waals surface area (Å²) in [5.74, 6) is -0.0502. The van der Waals surface area contributed by atoms with Gasteiger partial charge in [-0.25, -0.2) is 4.98 Å². The summed E-state index contributed by atoms with van der Waals surface area (Å²) in [7, 11) is 3.93. The minimum atomic E-state index is -0.309. The maximum atomic E-state index is 12.4. The van der Waals surface area contributed by atoms with Crippen LogP contribution in [0.25, 0.3) is 9.53 Å². The highest BCUT2D eigenvalue weighted by Crippen LogP contribution is 2.34. The van der Waals surface area contributed by atoms with Gasteiger partial charge in [0.1, 0.15) is 4.83 Å². The van der Waals surface area contributed by atoms with E-state index in [0.29, 0.717) is 11.4 Å². The van der Waals surface area contributed by atoms with E-state index in [9.17, 15) is 4.79 Å². The number of hydrogen-bond acceptors (Lipinski definition) is 6. The number of nitrogens with zero attached hydrogens (tertiary/aromatic N) is 2. The highest BCUT2D eigenvalue weighted by molar-refractivity contribution is 7.29. The standard InChI is InChI=1S/C14H22N4OS2/c1-5-14(6-2,8-15)17-11(19)9-7-10-12(20-9)16-13(21-10)18(3)4/h7H,5-6,8,15H2,1-4H3,(H,17,19). The summed E-state index contributed by atoms with van der Waals surface area (Å²) in [5.41, 5.74) is 5.53. The molecule has 0 aliphatic carbocycles. The smallest absolute Gasteiger partial charge is 0.261 e. The zero-order chi connectivity index (χ0) is 15.6. The maximum Gasteiger partial charge on any atom is 0.261 e. The van der Waals surface area contributed by atoms with E-state index in [4.69, 9.17) is 5.73 Å². The molecule has 0 saturated carbocycles. The number of thiazole rings is 1. The monoisotopic (exact) mass is 326 g/mol. The van der Waals surface area contributed by atoms with Crippen molar-refractivity contribution in [1.29, 1.82) is 0 Å². The van der Waals surface area contributed by atoms with Gasteiger partial charge in [0.25, 0.3) is 5.91 Å². The molecule has 2 rings (SSSR count). The number of amides is 1. The van der Waals surface area contributed by atoms with E-state index >= 15 is 0 Å². The number of carbonyl (C=O) groups excluding carboxylic acids is 1. The second kappa shape index (κ2) is 6.29. The highest BCUT2D eigenvalue weighted by atomic mass is 32.1. The maximum absolute atomic E-state index is 12.4. The van der Waals surface area contributed by atoms with Crippen molar-refractivity contribution in [1.82, 2.24) is 10.3 Å². The van der Waals surface area contributed by atoms with Gasteiger partial charge < -0.3 is 16.0 Å². The lowest BCUT2D eigenvalue weighted by Gasteiger charge is -2.31. The number of nitrogens with one attached hydrogen (secondary N) is 1. The predicted octanol–water partition coefficient (Wildman–Crippen LogP) is 2.67. The van der Waals surface area contributed by atoms with Crippen LogP contribution in [0.15, 0.2) is 6.07 Å². The van der Waals surface area contributed by atoms with Gasteiger partial charge in [-0.3, -0.25) is 4.79 Å². The third-order valence-corrected chi connectivity index (χ3v) is 6.13. The fraction of sp³-hybridized carbons (Fsp3) is 0.571. The highest BCUT2D eigenvalue weighted by Gasteiger charge is 2.27. The van der Waals surface area contributed by atoms with Crippen molar-refractivity contribution in [2.24, 2.45) is 5.73 Å². The lowest BCUT2D eigenvalue weighted by Crippen LogP contribution is -2.52. The second-order valence-electron chi connectivity index (χ2n) is 5.32. The van der Waals surface area contributed by atoms with Crippen LogP contribution in [-0.2, 0) is 0 Å². The molecule has 0 spiro atoms. The Morgan fingerprint density at radius 3 is 2.52 bits per heavy atom. The Morgan fingerprint density at radius 1 is 1.38 bits per heavy atom. The Kier molecular flexibility index (Phi) is 4.85. The second-order valence-corrected chi connectivity index (χ2v) is 7.36. The SMILES string of the molecule is CCC(CC)(CN)NC(=O)c1cc2sc(N(C)C)nc2s1. The van der Waals surface area contributed by atoms with Crippen molar-refractivity contribution in [3.8, 4) is 0 Å². The number of nitrogens with two attached hydrogens (primary N) is 1. The van der Waals surface area contributed by atoms with Gasteiger partial charge in [-0.05, 0) is 18.9 Å². The fourth-order valence-corrected chi connectivity index (χ4v) is 4.12. The summed E-state index contributed by atoms with van der Waals surface area (Å²) >= 11 is 3.03. The van der Waals surface area contributed by atoms with Gasteiger partial charge >= 0.3 is 0 Å². The zero-order valence-corrected chi connectivity index (χ0v) is 14.5. The first kappa shape index (κ1) is 16.2. The zero-order valence-electron chi connectivity index (χ0n) is 12.9. The first-order valence-corrected chi connectivity index (χ1v) is 8.68. The van der Waals surface area contributed by atoms with Crippen LogP contribution in [0.1, 0.15) is 36.4 Å². The van der Waals surface area contributed by atoms with Gasteiger partial charge in [-0.2, -0.15) is 0 Å². The van der Waals surface area contributed by atoms with Crippen LogP contribution in [0, 0.1) is 0 Å². The number of carbonyl (C=O) groups is 1. The lowest BCUT2D eigenvalue weighted by atomic mass is 9.93. The molecule has 0 unspecified atom stereocenters. The molecule has 2 aromatic rings. The summed E-state index contributed by atoms with van der Waals surface area (Å²) in [6, 6.07) is 1.92. The summed E-state index contributed by atoms with van der Waals surface area (Å²) in [6.45, 7) is 4.55. The molecule has 0 radical (unpaired) electrons. The van der Waals surface area contributed by atoms with Crippen LogP contribution >= 0.6 is 22.7 Å². The van der Waals surface area contributed by atoms with E-state index in [1.807, 2.05) is 25.1 Å². The number of rotatable bonds is 6. The van der Waals surface area contributed by atoms with E-state index in [1.165, 1.54) is 11.3 Å². The van der Waals surface area contributed by atoms with Crippen LogP contribution in [0.2, 0.25) is 0 Å². The van der Waals surface area contributed by atoms with Crippen LogP contribution in [0.4, 0.5) is 5.13 Å².